The molecule has 0 aromatic heterocycles. The maximum atomic E-state index is 6.01. The average Bonchev–Trinajstić information content (AvgIpc) is 2.65. The van der Waals surface area contributed by atoms with Gasteiger partial charge in [-0.25, -0.2) is 0 Å². The van der Waals surface area contributed by atoms with Gasteiger partial charge in [-0.05, 0) is 49.9 Å². The van der Waals surface area contributed by atoms with Crippen LogP contribution in [0.3, 0.4) is 0 Å². The van der Waals surface area contributed by atoms with Crippen molar-refractivity contribution in [1.82, 2.24) is 4.90 Å². The van der Waals surface area contributed by atoms with Gasteiger partial charge in [0.1, 0.15) is 0 Å². The Hall–Kier alpha value is -0.570. The first-order valence-electron chi connectivity index (χ1n) is 7.17. The van der Waals surface area contributed by atoms with Gasteiger partial charge in [0, 0.05) is 30.1 Å². The average molecular weight is 280 g/mol. The van der Waals surface area contributed by atoms with Crippen molar-refractivity contribution in [3.05, 3.63) is 34.9 Å². The number of ether oxygens (including phenoxy) is 1. The molecule has 2 nitrogen and oxygen atoms in total. The first kappa shape index (κ1) is 13.4. The van der Waals surface area contributed by atoms with Crippen LogP contribution in [-0.2, 0) is 4.74 Å². The minimum atomic E-state index is 0.606. The molecule has 3 heteroatoms. The van der Waals surface area contributed by atoms with Crippen molar-refractivity contribution < 1.29 is 4.74 Å². The smallest absolute Gasteiger partial charge is 0.0511 e. The third-order valence-electron chi connectivity index (χ3n) is 5.09. The number of fused-ring (bicyclic) bond motifs is 2. The number of piperidine rings is 1. The third kappa shape index (κ3) is 2.42. The maximum Gasteiger partial charge on any atom is 0.0511 e. The summed E-state index contributed by atoms with van der Waals surface area (Å²) < 4.78 is 5.50. The lowest BCUT2D eigenvalue weighted by molar-refractivity contribution is 0.0405. The second-order valence-electron chi connectivity index (χ2n) is 5.98. The van der Waals surface area contributed by atoms with Crippen LogP contribution in [0.25, 0.3) is 0 Å². The molecular formula is C16H22ClNO. The third-order valence-corrected chi connectivity index (χ3v) is 5.34. The molecule has 0 saturated carbocycles. The van der Waals surface area contributed by atoms with Crippen molar-refractivity contribution in [2.75, 3.05) is 20.8 Å². The summed E-state index contributed by atoms with van der Waals surface area (Å²) in [7, 11) is 4.10. The molecule has 0 aliphatic carbocycles. The molecule has 19 heavy (non-hydrogen) atoms. The maximum absolute atomic E-state index is 6.01. The Morgan fingerprint density at radius 1 is 1.26 bits per heavy atom. The summed E-state index contributed by atoms with van der Waals surface area (Å²) in [6.07, 6.45) is 3.91. The number of hydrogen-bond acceptors (Lipinski definition) is 2. The molecule has 4 atom stereocenters. The van der Waals surface area contributed by atoms with Gasteiger partial charge in [0.05, 0.1) is 6.61 Å². The van der Waals surface area contributed by atoms with Crippen LogP contribution >= 0.6 is 11.6 Å². The molecule has 1 aromatic rings. The largest absolute Gasteiger partial charge is 0.384 e. The van der Waals surface area contributed by atoms with Gasteiger partial charge in [0.15, 0.2) is 0 Å². The standard InChI is InChI=1S/C16H22ClNO/c1-18-13-7-8-16(18)15(10-19-2)14(9-13)11-3-5-12(17)6-4-11/h3-6,13-16H,7-10H2,1-2H3/t13-,14+,15+,16-/m1/s1. The minimum Gasteiger partial charge on any atom is -0.384 e. The molecule has 0 unspecified atom stereocenters. The van der Waals surface area contributed by atoms with Crippen LogP contribution in [0.15, 0.2) is 24.3 Å². The van der Waals surface area contributed by atoms with Gasteiger partial charge in [0.2, 0.25) is 0 Å². The summed E-state index contributed by atoms with van der Waals surface area (Å²) in [5.41, 5.74) is 1.43. The molecule has 0 N–H and O–H groups in total. The fourth-order valence-electron chi connectivity index (χ4n) is 4.09. The summed E-state index contributed by atoms with van der Waals surface area (Å²) in [6.45, 7) is 0.856. The van der Waals surface area contributed by atoms with Crippen LogP contribution in [0.4, 0.5) is 0 Å². The van der Waals surface area contributed by atoms with E-state index in [9.17, 15) is 0 Å². The van der Waals surface area contributed by atoms with Crippen LogP contribution in [0.1, 0.15) is 30.7 Å². The predicted octanol–water partition coefficient (Wildman–Crippen LogP) is 3.55. The van der Waals surface area contributed by atoms with Crippen molar-refractivity contribution >= 4 is 11.6 Å². The van der Waals surface area contributed by atoms with Gasteiger partial charge in [-0.1, -0.05) is 23.7 Å². The van der Waals surface area contributed by atoms with E-state index < -0.39 is 0 Å². The van der Waals surface area contributed by atoms with Crippen LogP contribution in [0, 0.1) is 5.92 Å². The van der Waals surface area contributed by atoms with Crippen LogP contribution < -0.4 is 0 Å². The lowest BCUT2D eigenvalue weighted by Crippen LogP contribution is -2.47. The fourth-order valence-corrected chi connectivity index (χ4v) is 4.22. The van der Waals surface area contributed by atoms with Crippen molar-refractivity contribution in [3.8, 4) is 0 Å². The van der Waals surface area contributed by atoms with Crippen LogP contribution in [0.5, 0.6) is 0 Å². The van der Waals surface area contributed by atoms with Crippen molar-refractivity contribution in [2.24, 2.45) is 5.92 Å². The molecule has 2 heterocycles. The number of nitrogens with zero attached hydrogens (tertiary/aromatic N) is 1. The molecule has 1 aromatic carbocycles. The van der Waals surface area contributed by atoms with E-state index in [4.69, 9.17) is 16.3 Å². The Labute approximate surface area is 120 Å². The Bertz CT molecular complexity index is 433. The first-order valence-corrected chi connectivity index (χ1v) is 7.55. The van der Waals surface area contributed by atoms with Gasteiger partial charge in [0.25, 0.3) is 0 Å². The van der Waals surface area contributed by atoms with Crippen molar-refractivity contribution in [2.45, 2.75) is 37.3 Å². The van der Waals surface area contributed by atoms with E-state index >= 15 is 0 Å². The van der Waals surface area contributed by atoms with E-state index in [0.717, 1.165) is 17.7 Å². The highest BCUT2D eigenvalue weighted by atomic mass is 35.5. The summed E-state index contributed by atoms with van der Waals surface area (Å²) in [4.78, 5) is 2.58. The normalized spacial score (nSPS) is 34.7. The highest BCUT2D eigenvalue weighted by molar-refractivity contribution is 6.30. The minimum absolute atomic E-state index is 0.606. The SMILES string of the molecule is COC[C@@H]1[C@H]2CC[C@H](C[C@H]1c1ccc(Cl)cc1)N2C. The van der Waals surface area contributed by atoms with E-state index in [-0.39, 0.29) is 0 Å². The van der Waals surface area contributed by atoms with Crippen LogP contribution in [-0.4, -0.2) is 37.7 Å². The van der Waals surface area contributed by atoms with Gasteiger partial charge < -0.3 is 9.64 Å². The van der Waals surface area contributed by atoms with E-state index in [1.807, 2.05) is 19.2 Å². The molecule has 104 valence electrons. The summed E-state index contributed by atoms with van der Waals surface area (Å²) >= 11 is 6.01. The van der Waals surface area contributed by atoms with Gasteiger partial charge in [-0.15, -0.1) is 0 Å². The zero-order chi connectivity index (χ0) is 13.4. The summed E-state index contributed by atoms with van der Waals surface area (Å²) in [6, 6.07) is 9.85. The summed E-state index contributed by atoms with van der Waals surface area (Å²) in [5, 5.41) is 0.822. The monoisotopic (exact) mass is 279 g/mol. The van der Waals surface area contributed by atoms with Crippen LogP contribution in [0.2, 0.25) is 5.02 Å². The second kappa shape index (κ2) is 5.43. The first-order chi connectivity index (χ1) is 9.20. The highest BCUT2D eigenvalue weighted by Crippen LogP contribution is 2.46. The molecule has 0 spiro atoms. The van der Waals surface area contributed by atoms with Crippen molar-refractivity contribution in [3.63, 3.8) is 0 Å². The molecule has 2 aliphatic rings. The Morgan fingerprint density at radius 3 is 2.68 bits per heavy atom. The van der Waals surface area contributed by atoms with E-state index in [1.54, 1.807) is 0 Å². The number of methoxy groups -OCH3 is 1. The van der Waals surface area contributed by atoms with E-state index in [2.05, 4.69) is 24.1 Å². The Morgan fingerprint density at radius 2 is 2.00 bits per heavy atom. The molecule has 0 amide bonds. The zero-order valence-corrected chi connectivity index (χ0v) is 12.4. The predicted molar refractivity (Wildman–Crippen MR) is 78.7 cm³/mol. The lowest BCUT2D eigenvalue weighted by atomic mass is 9.76. The van der Waals surface area contributed by atoms with Gasteiger partial charge >= 0.3 is 0 Å². The molecule has 2 aliphatic heterocycles. The van der Waals surface area contributed by atoms with E-state index in [0.29, 0.717) is 17.9 Å². The van der Waals surface area contributed by atoms with E-state index in [1.165, 1.54) is 24.8 Å². The molecule has 2 bridgehead atoms. The fraction of sp³-hybridized carbons (Fsp3) is 0.625. The zero-order valence-electron chi connectivity index (χ0n) is 11.7. The van der Waals surface area contributed by atoms with Gasteiger partial charge in [-0.3, -0.25) is 0 Å². The quantitative estimate of drug-likeness (QED) is 0.839. The number of hydrogen-bond donors (Lipinski definition) is 0. The Kier molecular flexibility index (Phi) is 3.84. The topological polar surface area (TPSA) is 12.5 Å². The molecule has 3 rings (SSSR count). The molecule has 2 fully saturated rings. The lowest BCUT2D eigenvalue weighted by Gasteiger charge is -2.43. The van der Waals surface area contributed by atoms with Gasteiger partial charge in [-0.2, -0.15) is 0 Å². The highest BCUT2D eigenvalue weighted by Gasteiger charge is 2.45. The number of halogens is 1. The van der Waals surface area contributed by atoms with Crippen molar-refractivity contribution in [1.29, 1.82) is 0 Å². The molecule has 0 radical (unpaired) electrons. The number of benzene rings is 1. The number of rotatable bonds is 3. The summed E-state index contributed by atoms with van der Waals surface area (Å²) in [5.74, 6) is 1.22. The molecule has 2 saturated heterocycles. The molecular weight excluding hydrogens is 258 g/mol. The Balaban J connectivity index is 1.88. The second-order valence-corrected chi connectivity index (χ2v) is 6.41.